The average molecular weight is 401 g/mol. The fourth-order valence-corrected chi connectivity index (χ4v) is 2.54. The zero-order valence-corrected chi connectivity index (χ0v) is 17.6. The van der Waals surface area contributed by atoms with E-state index in [0.717, 1.165) is 10.6 Å². The predicted octanol–water partition coefficient (Wildman–Crippen LogP) is 5.58. The largest absolute Gasteiger partial charge is 0.457 e. The van der Waals surface area contributed by atoms with Crippen LogP contribution in [0.25, 0.3) is 0 Å². The molecule has 0 aliphatic carbocycles. The summed E-state index contributed by atoms with van der Waals surface area (Å²) in [6.45, 7) is 9.24. The summed E-state index contributed by atoms with van der Waals surface area (Å²) in [6.07, 6.45) is -0.694. The van der Waals surface area contributed by atoms with Gasteiger partial charge in [0.05, 0.1) is 4.92 Å². The van der Waals surface area contributed by atoms with Gasteiger partial charge in [-0.15, -0.1) is 0 Å². The van der Waals surface area contributed by atoms with Crippen LogP contribution in [0.3, 0.4) is 0 Å². The summed E-state index contributed by atoms with van der Waals surface area (Å²) in [4.78, 5) is 24.4. The lowest BCUT2D eigenvalue weighted by atomic mass is 10.2. The SMILES string of the molecule is CC(C)Nc1cccc(Oc2ccc([N+](=O)[O-])c(N(C)C(=O)OC(C)(C)C)c2)c1. The zero-order chi connectivity index (χ0) is 21.8. The van der Waals surface area contributed by atoms with Gasteiger partial charge in [0.2, 0.25) is 0 Å². The first-order chi connectivity index (χ1) is 13.5. The molecule has 2 aromatic rings. The molecule has 1 amide bonds. The number of nitro benzene ring substituents is 1. The molecule has 0 heterocycles. The van der Waals surface area contributed by atoms with Gasteiger partial charge in [-0.2, -0.15) is 0 Å². The predicted molar refractivity (Wildman–Crippen MR) is 113 cm³/mol. The molecule has 0 saturated carbocycles. The lowest BCUT2D eigenvalue weighted by Crippen LogP contribution is -2.34. The van der Waals surface area contributed by atoms with E-state index in [9.17, 15) is 14.9 Å². The molecule has 0 spiro atoms. The number of amides is 1. The molecule has 0 aliphatic heterocycles. The van der Waals surface area contributed by atoms with Gasteiger partial charge < -0.3 is 14.8 Å². The number of nitrogens with one attached hydrogen (secondary N) is 1. The Hall–Kier alpha value is -3.29. The van der Waals surface area contributed by atoms with Crippen molar-refractivity contribution in [3.8, 4) is 11.5 Å². The number of carbonyl (C=O) groups is 1. The van der Waals surface area contributed by atoms with Crippen LogP contribution >= 0.6 is 0 Å². The van der Waals surface area contributed by atoms with E-state index in [1.54, 1.807) is 26.8 Å². The third-order valence-electron chi connectivity index (χ3n) is 3.70. The molecule has 0 unspecified atom stereocenters. The number of rotatable bonds is 6. The molecule has 0 radical (unpaired) electrons. The molecule has 156 valence electrons. The molecule has 0 aromatic heterocycles. The van der Waals surface area contributed by atoms with E-state index in [-0.39, 0.29) is 17.4 Å². The summed E-state index contributed by atoms with van der Waals surface area (Å²) in [6, 6.07) is 11.9. The maximum Gasteiger partial charge on any atom is 0.414 e. The maximum atomic E-state index is 12.4. The highest BCUT2D eigenvalue weighted by molar-refractivity contribution is 5.90. The van der Waals surface area contributed by atoms with Crippen LogP contribution < -0.4 is 15.0 Å². The first kappa shape index (κ1) is 22.0. The quantitative estimate of drug-likeness (QED) is 0.502. The molecular weight excluding hydrogens is 374 g/mol. The van der Waals surface area contributed by atoms with Gasteiger partial charge in [0, 0.05) is 37.0 Å². The summed E-state index contributed by atoms with van der Waals surface area (Å²) in [5.41, 5.74) is 0.0302. The van der Waals surface area contributed by atoms with Crippen LogP contribution in [-0.2, 0) is 4.74 Å². The van der Waals surface area contributed by atoms with E-state index in [4.69, 9.17) is 9.47 Å². The molecule has 29 heavy (non-hydrogen) atoms. The van der Waals surface area contributed by atoms with E-state index in [0.29, 0.717) is 11.5 Å². The maximum absolute atomic E-state index is 12.4. The van der Waals surface area contributed by atoms with E-state index >= 15 is 0 Å². The highest BCUT2D eigenvalue weighted by Crippen LogP contribution is 2.34. The second-order valence-electron chi connectivity index (χ2n) is 7.88. The zero-order valence-electron chi connectivity index (χ0n) is 17.6. The Morgan fingerprint density at radius 2 is 1.79 bits per heavy atom. The smallest absolute Gasteiger partial charge is 0.414 e. The summed E-state index contributed by atoms with van der Waals surface area (Å²) in [5.74, 6) is 0.929. The number of hydrogen-bond acceptors (Lipinski definition) is 6. The van der Waals surface area contributed by atoms with Gasteiger partial charge in [-0.25, -0.2) is 4.79 Å². The number of benzene rings is 2. The molecule has 2 aromatic carbocycles. The van der Waals surface area contributed by atoms with Gasteiger partial charge in [0.1, 0.15) is 22.8 Å². The van der Waals surface area contributed by atoms with Crippen LogP contribution in [0.1, 0.15) is 34.6 Å². The minimum Gasteiger partial charge on any atom is -0.457 e. The number of anilines is 2. The fourth-order valence-electron chi connectivity index (χ4n) is 2.54. The molecule has 1 N–H and O–H groups in total. The molecule has 8 heteroatoms. The number of carbonyl (C=O) groups excluding carboxylic acids is 1. The second-order valence-corrected chi connectivity index (χ2v) is 7.88. The van der Waals surface area contributed by atoms with E-state index < -0.39 is 16.6 Å². The lowest BCUT2D eigenvalue weighted by molar-refractivity contribution is -0.384. The van der Waals surface area contributed by atoms with Gasteiger partial charge in [0.25, 0.3) is 5.69 Å². The molecule has 0 saturated heterocycles. The first-order valence-electron chi connectivity index (χ1n) is 9.26. The third-order valence-corrected chi connectivity index (χ3v) is 3.70. The summed E-state index contributed by atoms with van der Waals surface area (Å²) in [7, 11) is 1.42. The van der Waals surface area contributed by atoms with Gasteiger partial charge >= 0.3 is 6.09 Å². The van der Waals surface area contributed by atoms with Crippen LogP contribution in [0.15, 0.2) is 42.5 Å². The van der Waals surface area contributed by atoms with Crippen molar-refractivity contribution in [2.45, 2.75) is 46.3 Å². The Morgan fingerprint density at radius 3 is 2.38 bits per heavy atom. The first-order valence-corrected chi connectivity index (χ1v) is 9.26. The van der Waals surface area contributed by atoms with E-state index in [1.165, 1.54) is 25.2 Å². The van der Waals surface area contributed by atoms with Gasteiger partial charge in [0.15, 0.2) is 0 Å². The summed E-state index contributed by atoms with van der Waals surface area (Å²) < 4.78 is 11.2. The third kappa shape index (κ3) is 6.38. The summed E-state index contributed by atoms with van der Waals surface area (Å²) >= 11 is 0. The Kier molecular flexibility index (Phi) is 6.68. The van der Waals surface area contributed by atoms with Crippen LogP contribution in [0, 0.1) is 10.1 Å². The molecule has 0 atom stereocenters. The van der Waals surface area contributed by atoms with Crippen molar-refractivity contribution in [2.75, 3.05) is 17.3 Å². The Balaban J connectivity index is 2.33. The van der Waals surface area contributed by atoms with Gasteiger partial charge in [-0.1, -0.05) is 6.07 Å². The molecule has 0 fully saturated rings. The van der Waals surface area contributed by atoms with Gasteiger partial charge in [-0.3, -0.25) is 15.0 Å². The Bertz CT molecular complexity index is 890. The Morgan fingerprint density at radius 1 is 1.14 bits per heavy atom. The highest BCUT2D eigenvalue weighted by atomic mass is 16.6. The Labute approximate surface area is 170 Å². The molecule has 0 bridgehead atoms. The molecular formula is C21H27N3O5. The van der Waals surface area contributed by atoms with Gasteiger partial charge in [-0.05, 0) is 52.8 Å². The molecule has 2 rings (SSSR count). The molecule has 0 aliphatic rings. The fraction of sp³-hybridized carbons (Fsp3) is 0.381. The van der Waals surface area contributed by atoms with Crippen molar-refractivity contribution in [3.05, 3.63) is 52.6 Å². The average Bonchev–Trinajstić information content (AvgIpc) is 2.59. The lowest BCUT2D eigenvalue weighted by Gasteiger charge is -2.24. The number of nitro groups is 1. The van der Waals surface area contributed by atoms with Crippen molar-refractivity contribution in [1.29, 1.82) is 0 Å². The van der Waals surface area contributed by atoms with E-state index in [1.807, 2.05) is 32.0 Å². The van der Waals surface area contributed by atoms with Crippen molar-refractivity contribution in [2.24, 2.45) is 0 Å². The monoisotopic (exact) mass is 401 g/mol. The van der Waals surface area contributed by atoms with Crippen molar-refractivity contribution >= 4 is 23.2 Å². The van der Waals surface area contributed by atoms with E-state index in [2.05, 4.69) is 5.32 Å². The number of ether oxygens (including phenoxy) is 2. The van der Waals surface area contributed by atoms with Crippen LogP contribution in [-0.4, -0.2) is 29.7 Å². The highest BCUT2D eigenvalue weighted by Gasteiger charge is 2.26. The second kappa shape index (κ2) is 8.81. The standard InChI is InChI=1S/C21H27N3O5/c1-14(2)22-15-8-7-9-16(12-15)28-17-10-11-18(24(26)27)19(13-17)23(6)20(25)29-21(3,4)5/h7-14,22H,1-6H3. The van der Waals surface area contributed by atoms with Crippen molar-refractivity contribution in [1.82, 2.24) is 0 Å². The summed E-state index contributed by atoms with van der Waals surface area (Å²) in [5, 5.41) is 14.7. The minimum absolute atomic E-state index is 0.0817. The van der Waals surface area contributed by atoms with Crippen LogP contribution in [0.4, 0.5) is 21.9 Å². The topological polar surface area (TPSA) is 93.9 Å². The minimum atomic E-state index is -0.724. The number of hydrogen-bond donors (Lipinski definition) is 1. The van der Waals surface area contributed by atoms with Crippen LogP contribution in [0.5, 0.6) is 11.5 Å². The normalized spacial score (nSPS) is 11.1. The molecule has 8 nitrogen and oxygen atoms in total. The number of nitrogens with zero attached hydrogens (tertiary/aromatic N) is 2. The van der Waals surface area contributed by atoms with Crippen molar-refractivity contribution in [3.63, 3.8) is 0 Å². The van der Waals surface area contributed by atoms with Crippen molar-refractivity contribution < 1.29 is 19.2 Å². The van der Waals surface area contributed by atoms with Crippen LogP contribution in [0.2, 0.25) is 0 Å².